The average Bonchev–Trinajstić information content (AvgIpc) is 3.08. The topological polar surface area (TPSA) is 301 Å². The summed E-state index contributed by atoms with van der Waals surface area (Å²) in [7, 11) is 0. The van der Waals surface area contributed by atoms with Crippen LogP contribution in [0.15, 0.2) is 0 Å². The predicted molar refractivity (Wildman–Crippen MR) is 174 cm³/mol. The number of nitrogens with one attached hydrogen (secondary N) is 3. The van der Waals surface area contributed by atoms with Gasteiger partial charge in [-0.05, 0) is 6.42 Å². The second-order valence-corrected chi connectivity index (χ2v) is 13.3. The van der Waals surface area contributed by atoms with E-state index in [-0.39, 0.29) is 32.8 Å². The van der Waals surface area contributed by atoms with Crippen molar-refractivity contribution in [2.45, 2.75) is 120 Å². The number of ether oxygens (including phenoxy) is 6. The lowest BCUT2D eigenvalue weighted by Gasteiger charge is -2.47. The fraction of sp³-hybridized carbons (Fsp3) is 0.875. The molecule has 0 aromatic heterocycles. The summed E-state index contributed by atoms with van der Waals surface area (Å²) in [5.74, 6) is -4.02. The van der Waals surface area contributed by atoms with Crippen LogP contribution in [0.4, 0.5) is 0 Å². The van der Waals surface area contributed by atoms with E-state index in [1.54, 1.807) is 6.92 Å². The van der Waals surface area contributed by atoms with Crippen LogP contribution < -0.4 is 16.0 Å². The number of carbonyl (C=O) groups is 4. The predicted octanol–water partition coefficient (Wildman–Crippen LogP) is -5.21. The van der Waals surface area contributed by atoms with E-state index in [1.807, 2.05) is 0 Å². The molecular weight excluding hydrogens is 698 g/mol. The van der Waals surface area contributed by atoms with Crippen LogP contribution in [0.3, 0.4) is 0 Å². The second-order valence-electron chi connectivity index (χ2n) is 13.3. The maximum absolute atomic E-state index is 12.9. The molecule has 3 saturated heterocycles. The van der Waals surface area contributed by atoms with E-state index in [9.17, 15) is 54.9 Å². The number of carbonyl (C=O) groups excluding carboxylic acids is 4. The molecule has 0 aromatic carbocycles. The lowest BCUT2D eigenvalue weighted by Crippen LogP contribution is -2.66. The highest BCUT2D eigenvalue weighted by atomic mass is 16.6. The van der Waals surface area contributed by atoms with Gasteiger partial charge >= 0.3 is 5.97 Å². The number of hydrogen-bond acceptors (Lipinski definition) is 17. The van der Waals surface area contributed by atoms with Crippen LogP contribution in [0, 0.1) is 11.8 Å². The Hall–Kier alpha value is -2.60. The first-order valence-electron chi connectivity index (χ1n) is 17.3. The number of aliphatic hydroxyl groups excluding tert-OH is 7. The third-order valence-electron chi connectivity index (χ3n) is 9.31. The fourth-order valence-corrected chi connectivity index (χ4v) is 6.79. The van der Waals surface area contributed by atoms with Crippen molar-refractivity contribution in [2.24, 2.45) is 11.8 Å². The molecule has 0 saturated carbocycles. The molecule has 0 aromatic rings. The average molecular weight is 754 g/mol. The molecule has 3 fully saturated rings. The van der Waals surface area contributed by atoms with Crippen LogP contribution >= 0.6 is 0 Å². The van der Waals surface area contributed by atoms with Gasteiger partial charge in [0, 0.05) is 33.1 Å². The second kappa shape index (κ2) is 20.7. The van der Waals surface area contributed by atoms with Gasteiger partial charge in [0.15, 0.2) is 6.29 Å². The van der Waals surface area contributed by atoms with Crippen molar-refractivity contribution in [2.75, 3.05) is 46.2 Å². The molecule has 6 unspecified atom stereocenters. The molecule has 3 rings (SSSR count). The zero-order valence-corrected chi connectivity index (χ0v) is 29.7. The van der Waals surface area contributed by atoms with Gasteiger partial charge in [-0.25, -0.2) is 0 Å². The summed E-state index contributed by atoms with van der Waals surface area (Å²) in [6.45, 7) is 2.48. The van der Waals surface area contributed by atoms with E-state index in [4.69, 9.17) is 28.4 Å². The minimum absolute atomic E-state index is 0.0309. The highest BCUT2D eigenvalue weighted by Gasteiger charge is 2.50. The maximum atomic E-state index is 12.9. The molecule has 0 aliphatic carbocycles. The van der Waals surface area contributed by atoms with Crippen molar-refractivity contribution >= 4 is 23.7 Å². The maximum Gasteiger partial charge on any atom is 0.306 e. The summed E-state index contributed by atoms with van der Waals surface area (Å²) >= 11 is 0. The Morgan fingerprint density at radius 1 is 0.577 bits per heavy atom. The van der Waals surface area contributed by atoms with Crippen molar-refractivity contribution < 1.29 is 83.3 Å². The van der Waals surface area contributed by atoms with Crippen molar-refractivity contribution in [3.8, 4) is 0 Å². The Bertz CT molecular complexity index is 1170. The first-order valence-corrected chi connectivity index (χ1v) is 17.3. The number of amides is 3. The van der Waals surface area contributed by atoms with Crippen LogP contribution in [0.5, 0.6) is 0 Å². The number of rotatable bonds is 17. The van der Waals surface area contributed by atoms with Gasteiger partial charge in [0.25, 0.3) is 0 Å². The molecule has 10 N–H and O–H groups in total. The van der Waals surface area contributed by atoms with Crippen molar-refractivity contribution in [1.29, 1.82) is 0 Å². The molecule has 52 heavy (non-hydrogen) atoms. The largest absolute Gasteiger partial charge is 0.460 e. The zero-order valence-electron chi connectivity index (χ0n) is 29.7. The van der Waals surface area contributed by atoms with Crippen molar-refractivity contribution in [3.63, 3.8) is 0 Å². The minimum Gasteiger partial charge on any atom is -0.460 e. The molecule has 3 amide bonds. The van der Waals surface area contributed by atoms with Gasteiger partial charge in [0.1, 0.15) is 42.7 Å². The SMILES string of the molecule is CCCC(=O)O[C@@H]1C(NC(C)=O)[C@H](COC[C@@H]2C(CO)O[C@@H](O)C(NC(C)=O)[C@H]2O)OC(CO)[C@H]1COC[C@@H]1OC(CO)[C@@H](O)[C@H](O)C1NC(C)=O. The fourth-order valence-electron chi connectivity index (χ4n) is 6.79. The zero-order chi connectivity index (χ0) is 38.7. The third-order valence-corrected chi connectivity index (χ3v) is 9.31. The molecule has 15 atom stereocenters. The highest BCUT2D eigenvalue weighted by Crippen LogP contribution is 2.32. The van der Waals surface area contributed by atoms with Crippen LogP contribution in [0.25, 0.3) is 0 Å². The van der Waals surface area contributed by atoms with Gasteiger partial charge in [-0.15, -0.1) is 0 Å². The van der Waals surface area contributed by atoms with Gasteiger partial charge in [0.05, 0.1) is 82.6 Å². The van der Waals surface area contributed by atoms with Crippen LogP contribution in [-0.4, -0.2) is 185 Å². The Balaban J connectivity index is 1.81. The van der Waals surface area contributed by atoms with Crippen LogP contribution in [-0.2, 0) is 47.6 Å². The van der Waals surface area contributed by atoms with E-state index in [0.29, 0.717) is 6.42 Å². The standard InChI is InChI=1S/C32H55N3O17/c1-5-6-24(42)52-31-18(11-48-12-22-25(33-14(2)39)30(45)29(44)21(9-38)50-22)20(8-37)49-23(26(31)34-15(3)40)13-47-10-17-19(7-36)51-32(46)27(28(17)43)35-16(4)41/h17-23,25-32,36-38,43-46H,5-13H2,1-4H3,(H,33,39)(H,34,40)(H,35,41)/t17-,18-,19?,20?,21?,22+,23+,25?,26?,27?,28+,29-,30-,31+,32-/m1/s1. The molecule has 20 heteroatoms. The first-order chi connectivity index (χ1) is 24.7. The molecule has 0 radical (unpaired) electrons. The quantitative estimate of drug-likeness (QED) is 0.0621. The molecule has 3 heterocycles. The number of esters is 1. The van der Waals surface area contributed by atoms with Crippen LogP contribution in [0.2, 0.25) is 0 Å². The summed E-state index contributed by atoms with van der Waals surface area (Å²) in [6.07, 6.45) is -12.1. The van der Waals surface area contributed by atoms with E-state index < -0.39 is 135 Å². The normalized spacial score (nSPS) is 37.9. The lowest BCUT2D eigenvalue weighted by molar-refractivity contribution is -0.249. The summed E-state index contributed by atoms with van der Waals surface area (Å²) in [5.41, 5.74) is 0. The molecule has 300 valence electrons. The van der Waals surface area contributed by atoms with Gasteiger partial charge in [-0.2, -0.15) is 0 Å². The molecular formula is C32H55N3O17. The van der Waals surface area contributed by atoms with Gasteiger partial charge in [-0.1, -0.05) is 6.92 Å². The van der Waals surface area contributed by atoms with Gasteiger partial charge < -0.3 is 80.1 Å². The Morgan fingerprint density at radius 3 is 1.60 bits per heavy atom. The molecule has 0 bridgehead atoms. The van der Waals surface area contributed by atoms with E-state index in [0.717, 1.165) is 0 Å². The Morgan fingerprint density at radius 2 is 1.06 bits per heavy atom. The number of hydrogen-bond donors (Lipinski definition) is 10. The smallest absolute Gasteiger partial charge is 0.306 e. The number of aliphatic hydroxyl groups is 7. The summed E-state index contributed by atoms with van der Waals surface area (Å²) in [5, 5.41) is 79.8. The molecule has 0 spiro atoms. The summed E-state index contributed by atoms with van der Waals surface area (Å²) in [4.78, 5) is 48.9. The van der Waals surface area contributed by atoms with E-state index in [2.05, 4.69) is 16.0 Å². The molecule has 20 nitrogen and oxygen atoms in total. The van der Waals surface area contributed by atoms with Gasteiger partial charge in [-0.3, -0.25) is 19.2 Å². The van der Waals surface area contributed by atoms with Crippen LogP contribution in [0.1, 0.15) is 40.5 Å². The molecule has 3 aliphatic rings. The Labute approximate surface area is 301 Å². The van der Waals surface area contributed by atoms with Crippen molar-refractivity contribution in [1.82, 2.24) is 16.0 Å². The van der Waals surface area contributed by atoms with Gasteiger partial charge in [0.2, 0.25) is 17.7 Å². The van der Waals surface area contributed by atoms with E-state index in [1.165, 1.54) is 20.8 Å². The highest BCUT2D eigenvalue weighted by molar-refractivity contribution is 5.74. The molecule has 3 aliphatic heterocycles. The van der Waals surface area contributed by atoms with E-state index >= 15 is 0 Å². The third kappa shape index (κ3) is 11.5. The van der Waals surface area contributed by atoms with Crippen molar-refractivity contribution in [3.05, 3.63) is 0 Å². The monoisotopic (exact) mass is 753 g/mol. The summed E-state index contributed by atoms with van der Waals surface area (Å²) in [6, 6.07) is -3.39. The Kier molecular flexibility index (Phi) is 17.5. The first kappa shape index (κ1) is 43.8. The lowest BCUT2D eigenvalue weighted by atomic mass is 9.85. The minimum atomic E-state index is -1.60. The summed E-state index contributed by atoms with van der Waals surface area (Å²) < 4.78 is 35.0.